The van der Waals surface area contributed by atoms with Gasteiger partial charge in [-0.25, -0.2) is 0 Å². The lowest BCUT2D eigenvalue weighted by Gasteiger charge is -2.37. The number of nitrogens with zero attached hydrogens (tertiary/aromatic N) is 1. The lowest BCUT2D eigenvalue weighted by Crippen LogP contribution is -2.38. The lowest BCUT2D eigenvalue weighted by atomic mass is 9.83. The van der Waals surface area contributed by atoms with Crippen molar-refractivity contribution in [2.45, 2.75) is 44.6 Å². The minimum absolute atomic E-state index is 0.331. The van der Waals surface area contributed by atoms with E-state index in [9.17, 15) is 0 Å². The molecule has 1 aliphatic rings. The Kier molecular flexibility index (Phi) is 3.65. The Morgan fingerprint density at radius 2 is 2.00 bits per heavy atom. The zero-order chi connectivity index (χ0) is 11.4. The van der Waals surface area contributed by atoms with E-state index in [-0.39, 0.29) is 0 Å². The maximum absolute atomic E-state index is 2.57. The molecule has 1 atom stereocenters. The molecule has 1 fully saturated rings. The molecule has 2 rings (SSSR count). The average Bonchev–Trinajstić information content (AvgIpc) is 2.70. The van der Waals surface area contributed by atoms with Gasteiger partial charge >= 0.3 is 0 Å². The number of rotatable bonds is 4. The molecule has 88 valence electrons. The minimum Gasteiger partial charge on any atom is -0.297 e. The number of likely N-dealkylation sites (tertiary alicyclic amines) is 1. The maximum atomic E-state index is 2.57. The highest BCUT2D eigenvalue weighted by molar-refractivity contribution is 5.25. The molecule has 1 nitrogen and oxygen atoms in total. The van der Waals surface area contributed by atoms with Crippen LogP contribution in [0, 0.1) is 0 Å². The first-order valence-corrected chi connectivity index (χ1v) is 6.56. The van der Waals surface area contributed by atoms with Crippen LogP contribution < -0.4 is 0 Å². The topological polar surface area (TPSA) is 3.24 Å². The van der Waals surface area contributed by atoms with Gasteiger partial charge in [0.15, 0.2) is 0 Å². The van der Waals surface area contributed by atoms with Crippen molar-refractivity contribution < 1.29 is 0 Å². The third-order valence-electron chi connectivity index (χ3n) is 4.07. The monoisotopic (exact) mass is 217 g/mol. The molecule has 1 heterocycles. The fraction of sp³-hybridized carbons (Fsp3) is 0.600. The van der Waals surface area contributed by atoms with Crippen molar-refractivity contribution in [1.29, 1.82) is 0 Å². The van der Waals surface area contributed by atoms with Crippen molar-refractivity contribution in [1.82, 2.24) is 4.90 Å². The summed E-state index contributed by atoms with van der Waals surface area (Å²) in [5.41, 5.74) is 1.85. The van der Waals surface area contributed by atoms with Crippen LogP contribution in [-0.2, 0) is 5.54 Å². The molecule has 0 saturated carbocycles. The summed E-state index contributed by atoms with van der Waals surface area (Å²) >= 11 is 0. The van der Waals surface area contributed by atoms with Gasteiger partial charge in [0.2, 0.25) is 0 Å². The summed E-state index contributed by atoms with van der Waals surface area (Å²) in [5.74, 6) is 0. The molecular formula is C15H23N. The van der Waals surface area contributed by atoms with Gasteiger partial charge in [-0.1, -0.05) is 50.1 Å². The summed E-state index contributed by atoms with van der Waals surface area (Å²) in [6.45, 7) is 3.53. The van der Waals surface area contributed by atoms with Crippen LogP contribution in [0.25, 0.3) is 0 Å². The zero-order valence-electron chi connectivity index (χ0n) is 10.6. The van der Waals surface area contributed by atoms with E-state index in [1.54, 1.807) is 0 Å². The molecule has 1 heteroatoms. The van der Waals surface area contributed by atoms with Crippen LogP contribution >= 0.6 is 0 Å². The quantitative estimate of drug-likeness (QED) is 0.741. The first kappa shape index (κ1) is 11.7. The van der Waals surface area contributed by atoms with E-state index in [1.807, 2.05) is 0 Å². The van der Waals surface area contributed by atoms with E-state index < -0.39 is 0 Å². The molecule has 1 saturated heterocycles. The third-order valence-corrected chi connectivity index (χ3v) is 4.07. The summed E-state index contributed by atoms with van der Waals surface area (Å²) in [7, 11) is 2.29. The Morgan fingerprint density at radius 3 is 2.56 bits per heavy atom. The Balaban J connectivity index is 2.27. The molecule has 1 aromatic carbocycles. The van der Waals surface area contributed by atoms with Crippen molar-refractivity contribution in [2.75, 3.05) is 13.6 Å². The molecule has 0 aliphatic carbocycles. The second-order valence-corrected chi connectivity index (χ2v) is 5.03. The molecule has 0 amide bonds. The SMILES string of the molecule is CCCCC1(c2ccccc2)CCCN1C. The van der Waals surface area contributed by atoms with E-state index in [0.717, 1.165) is 0 Å². The highest BCUT2D eigenvalue weighted by Gasteiger charge is 2.39. The Bertz CT molecular complexity index is 319. The average molecular weight is 217 g/mol. The smallest absolute Gasteiger partial charge is 0.0458 e. The van der Waals surface area contributed by atoms with Crippen LogP contribution in [0.5, 0.6) is 0 Å². The molecule has 0 N–H and O–H groups in total. The molecule has 0 bridgehead atoms. The van der Waals surface area contributed by atoms with E-state index in [0.29, 0.717) is 5.54 Å². The lowest BCUT2D eigenvalue weighted by molar-refractivity contribution is 0.157. The van der Waals surface area contributed by atoms with E-state index in [1.165, 1.54) is 44.2 Å². The second kappa shape index (κ2) is 5.01. The molecule has 1 aromatic rings. The summed E-state index contributed by atoms with van der Waals surface area (Å²) in [6.07, 6.45) is 6.61. The fourth-order valence-corrected chi connectivity index (χ4v) is 3.06. The highest BCUT2D eigenvalue weighted by atomic mass is 15.2. The van der Waals surface area contributed by atoms with Crippen molar-refractivity contribution in [3.63, 3.8) is 0 Å². The molecule has 0 spiro atoms. The van der Waals surface area contributed by atoms with Gasteiger partial charge in [0, 0.05) is 5.54 Å². The van der Waals surface area contributed by atoms with Gasteiger partial charge in [-0.05, 0) is 38.4 Å². The maximum Gasteiger partial charge on any atom is 0.0458 e. The summed E-state index contributed by atoms with van der Waals surface area (Å²) < 4.78 is 0. The van der Waals surface area contributed by atoms with Crippen molar-refractivity contribution in [2.24, 2.45) is 0 Å². The first-order chi connectivity index (χ1) is 7.79. The van der Waals surface area contributed by atoms with Crippen LogP contribution in [0.2, 0.25) is 0 Å². The van der Waals surface area contributed by atoms with Gasteiger partial charge in [0.25, 0.3) is 0 Å². The predicted molar refractivity (Wildman–Crippen MR) is 69.5 cm³/mol. The van der Waals surface area contributed by atoms with Crippen molar-refractivity contribution in [3.8, 4) is 0 Å². The van der Waals surface area contributed by atoms with Crippen molar-refractivity contribution in [3.05, 3.63) is 35.9 Å². The van der Waals surface area contributed by atoms with E-state index >= 15 is 0 Å². The number of unbranched alkanes of at least 4 members (excludes halogenated alkanes) is 1. The van der Waals surface area contributed by atoms with Crippen LogP contribution in [0.15, 0.2) is 30.3 Å². The summed E-state index contributed by atoms with van der Waals surface area (Å²) in [4.78, 5) is 2.57. The molecule has 1 aliphatic heterocycles. The zero-order valence-corrected chi connectivity index (χ0v) is 10.6. The van der Waals surface area contributed by atoms with Crippen LogP contribution in [0.3, 0.4) is 0 Å². The molecule has 16 heavy (non-hydrogen) atoms. The largest absolute Gasteiger partial charge is 0.297 e. The predicted octanol–water partition coefficient (Wildman–Crippen LogP) is 3.80. The number of benzene rings is 1. The van der Waals surface area contributed by atoms with Gasteiger partial charge in [0.05, 0.1) is 0 Å². The standard InChI is InChI=1S/C15H23N/c1-3-4-11-15(12-8-13-16(15)2)14-9-6-5-7-10-14/h5-7,9-10H,3-4,8,11-13H2,1-2H3. The number of hydrogen-bond acceptors (Lipinski definition) is 1. The Morgan fingerprint density at radius 1 is 1.25 bits per heavy atom. The third kappa shape index (κ3) is 2.01. The van der Waals surface area contributed by atoms with Crippen molar-refractivity contribution >= 4 is 0 Å². The Labute approximate surface area is 99.5 Å². The van der Waals surface area contributed by atoms with Crippen LogP contribution in [-0.4, -0.2) is 18.5 Å². The Hall–Kier alpha value is -0.820. The molecular weight excluding hydrogens is 194 g/mol. The first-order valence-electron chi connectivity index (χ1n) is 6.56. The highest BCUT2D eigenvalue weighted by Crippen LogP contribution is 2.41. The van der Waals surface area contributed by atoms with Gasteiger partial charge < -0.3 is 0 Å². The summed E-state index contributed by atoms with van der Waals surface area (Å²) in [6, 6.07) is 11.1. The van der Waals surface area contributed by atoms with Crippen LogP contribution in [0.1, 0.15) is 44.6 Å². The molecule has 0 radical (unpaired) electrons. The molecule has 1 unspecified atom stereocenters. The second-order valence-electron chi connectivity index (χ2n) is 5.03. The normalized spacial score (nSPS) is 26.1. The van der Waals surface area contributed by atoms with Gasteiger partial charge in [-0.2, -0.15) is 0 Å². The number of hydrogen-bond donors (Lipinski definition) is 0. The van der Waals surface area contributed by atoms with E-state index in [4.69, 9.17) is 0 Å². The summed E-state index contributed by atoms with van der Waals surface area (Å²) in [5, 5.41) is 0. The molecule has 0 aromatic heterocycles. The van der Waals surface area contributed by atoms with E-state index in [2.05, 4.69) is 49.2 Å². The van der Waals surface area contributed by atoms with Gasteiger partial charge in [-0.15, -0.1) is 0 Å². The fourth-order valence-electron chi connectivity index (χ4n) is 3.06. The van der Waals surface area contributed by atoms with Crippen LogP contribution in [0.4, 0.5) is 0 Å². The van der Waals surface area contributed by atoms with Gasteiger partial charge in [-0.3, -0.25) is 4.90 Å². The van der Waals surface area contributed by atoms with Gasteiger partial charge in [0.1, 0.15) is 0 Å². The minimum atomic E-state index is 0.331.